The predicted octanol–water partition coefficient (Wildman–Crippen LogP) is 2.93. The summed E-state index contributed by atoms with van der Waals surface area (Å²) < 4.78 is 13.9. The number of benzene rings is 1. The third-order valence-electron chi connectivity index (χ3n) is 3.51. The number of rotatable bonds is 2. The molecule has 17 heavy (non-hydrogen) atoms. The van der Waals surface area contributed by atoms with Gasteiger partial charge in [0.15, 0.2) is 5.78 Å². The second-order valence-electron chi connectivity index (χ2n) is 5.01. The van der Waals surface area contributed by atoms with Crippen LogP contribution in [0.2, 0.25) is 0 Å². The summed E-state index contributed by atoms with van der Waals surface area (Å²) >= 11 is 0. The number of carbonyl (C=O) groups excluding carboxylic acids is 1. The Kier molecular flexibility index (Phi) is 3.04. The van der Waals surface area contributed by atoms with E-state index < -0.39 is 17.2 Å². The quantitative estimate of drug-likeness (QED) is 0.802. The van der Waals surface area contributed by atoms with E-state index in [9.17, 15) is 14.3 Å². The van der Waals surface area contributed by atoms with Crippen LogP contribution in [-0.4, -0.2) is 16.5 Å². The molecule has 92 valence electrons. The minimum Gasteiger partial charge on any atom is -0.382 e. The van der Waals surface area contributed by atoms with E-state index in [-0.39, 0.29) is 5.56 Å². The molecule has 0 bridgehead atoms. The smallest absolute Gasteiger partial charge is 0.197 e. The van der Waals surface area contributed by atoms with Gasteiger partial charge < -0.3 is 5.11 Å². The Morgan fingerprint density at radius 1 is 1.29 bits per heavy atom. The van der Waals surface area contributed by atoms with Gasteiger partial charge in [-0.25, -0.2) is 4.39 Å². The second kappa shape index (κ2) is 4.22. The Balaban J connectivity index is 2.44. The van der Waals surface area contributed by atoms with Gasteiger partial charge in [0.25, 0.3) is 0 Å². The molecule has 1 aliphatic rings. The molecule has 0 aliphatic heterocycles. The molecule has 0 aromatic heterocycles. The van der Waals surface area contributed by atoms with Crippen molar-refractivity contribution in [3.8, 4) is 0 Å². The fraction of sp³-hybridized carbons (Fsp3) is 0.500. The summed E-state index contributed by atoms with van der Waals surface area (Å²) in [7, 11) is 0. The van der Waals surface area contributed by atoms with E-state index in [0.717, 1.165) is 18.4 Å². The van der Waals surface area contributed by atoms with Gasteiger partial charge in [0.1, 0.15) is 11.4 Å². The number of Topliss-reactive ketones (excluding diaryl/α,β-unsaturated/α-hetero) is 1. The van der Waals surface area contributed by atoms with E-state index in [2.05, 4.69) is 0 Å². The van der Waals surface area contributed by atoms with Crippen molar-refractivity contribution < 1.29 is 14.3 Å². The number of hydrogen-bond donors (Lipinski definition) is 1. The first kappa shape index (κ1) is 12.2. The molecule has 1 fully saturated rings. The van der Waals surface area contributed by atoms with Crippen LogP contribution in [0.3, 0.4) is 0 Å². The van der Waals surface area contributed by atoms with Crippen molar-refractivity contribution in [2.45, 2.75) is 45.1 Å². The van der Waals surface area contributed by atoms with Crippen molar-refractivity contribution in [3.63, 3.8) is 0 Å². The Morgan fingerprint density at radius 2 is 1.88 bits per heavy atom. The lowest BCUT2D eigenvalue weighted by Gasteiger charge is -2.21. The zero-order chi connectivity index (χ0) is 12.6. The van der Waals surface area contributed by atoms with Gasteiger partial charge in [0.2, 0.25) is 0 Å². The van der Waals surface area contributed by atoms with E-state index in [4.69, 9.17) is 0 Å². The lowest BCUT2D eigenvalue weighted by Crippen LogP contribution is -2.36. The molecular formula is C14H17FO2. The second-order valence-corrected chi connectivity index (χ2v) is 5.01. The number of aliphatic hydroxyl groups is 1. The van der Waals surface area contributed by atoms with Gasteiger partial charge in [-0.1, -0.05) is 6.07 Å². The first-order valence-corrected chi connectivity index (χ1v) is 5.98. The Morgan fingerprint density at radius 3 is 2.41 bits per heavy atom. The summed E-state index contributed by atoms with van der Waals surface area (Å²) in [6, 6.07) is 3.12. The van der Waals surface area contributed by atoms with Crippen LogP contribution >= 0.6 is 0 Å². The Hall–Kier alpha value is -1.22. The largest absolute Gasteiger partial charge is 0.382 e. The molecule has 0 amide bonds. The minimum absolute atomic E-state index is 0.0556. The normalized spacial score (nSPS) is 18.4. The maximum atomic E-state index is 13.9. The zero-order valence-electron chi connectivity index (χ0n) is 10.2. The summed E-state index contributed by atoms with van der Waals surface area (Å²) in [5.41, 5.74) is 0.101. The van der Waals surface area contributed by atoms with Crippen molar-refractivity contribution in [1.29, 1.82) is 0 Å². The number of aryl methyl sites for hydroxylation is 2. The Bertz CT molecular complexity index is 436. The van der Waals surface area contributed by atoms with Crippen LogP contribution in [0.15, 0.2) is 12.1 Å². The van der Waals surface area contributed by atoms with Crippen molar-refractivity contribution in [1.82, 2.24) is 0 Å². The van der Waals surface area contributed by atoms with Gasteiger partial charge in [-0.15, -0.1) is 0 Å². The van der Waals surface area contributed by atoms with Crippen molar-refractivity contribution >= 4 is 5.78 Å². The van der Waals surface area contributed by atoms with E-state index in [1.807, 2.05) is 0 Å². The standard InChI is InChI=1S/C14H17FO2/c1-9-7-10(2)12(11(15)8-9)13(16)14(17)5-3-4-6-14/h7-8,17H,3-6H2,1-2H3. The topological polar surface area (TPSA) is 37.3 Å². The molecule has 1 saturated carbocycles. The molecule has 1 aliphatic carbocycles. The molecule has 0 saturated heterocycles. The summed E-state index contributed by atoms with van der Waals surface area (Å²) in [6.07, 6.45) is 2.54. The summed E-state index contributed by atoms with van der Waals surface area (Å²) in [5.74, 6) is -0.974. The molecule has 0 spiro atoms. The average Bonchev–Trinajstić information content (AvgIpc) is 2.64. The highest BCUT2D eigenvalue weighted by Gasteiger charge is 2.40. The van der Waals surface area contributed by atoms with E-state index >= 15 is 0 Å². The monoisotopic (exact) mass is 236 g/mol. The van der Waals surface area contributed by atoms with Crippen molar-refractivity contribution in [3.05, 3.63) is 34.6 Å². The van der Waals surface area contributed by atoms with Gasteiger partial charge in [0.05, 0.1) is 5.56 Å². The first-order chi connectivity index (χ1) is 7.94. The fourth-order valence-corrected chi connectivity index (χ4v) is 2.62. The molecule has 0 atom stereocenters. The maximum Gasteiger partial charge on any atom is 0.197 e. The molecule has 0 unspecified atom stereocenters. The third kappa shape index (κ3) is 2.12. The van der Waals surface area contributed by atoms with Crippen LogP contribution in [0.25, 0.3) is 0 Å². The highest BCUT2D eigenvalue weighted by Crippen LogP contribution is 2.34. The number of halogens is 1. The third-order valence-corrected chi connectivity index (χ3v) is 3.51. The van der Waals surface area contributed by atoms with Gasteiger partial charge in [-0.2, -0.15) is 0 Å². The van der Waals surface area contributed by atoms with E-state index in [1.54, 1.807) is 19.9 Å². The molecule has 2 rings (SSSR count). The highest BCUT2D eigenvalue weighted by atomic mass is 19.1. The lowest BCUT2D eigenvalue weighted by molar-refractivity contribution is 0.0348. The number of carbonyl (C=O) groups is 1. The lowest BCUT2D eigenvalue weighted by atomic mass is 9.88. The average molecular weight is 236 g/mol. The SMILES string of the molecule is Cc1cc(C)c(C(=O)C2(O)CCCC2)c(F)c1. The van der Waals surface area contributed by atoms with Crippen LogP contribution in [0, 0.1) is 19.7 Å². The van der Waals surface area contributed by atoms with Crippen molar-refractivity contribution in [2.24, 2.45) is 0 Å². The first-order valence-electron chi connectivity index (χ1n) is 5.98. The zero-order valence-corrected chi connectivity index (χ0v) is 10.2. The Labute approximate surface area is 100 Å². The maximum absolute atomic E-state index is 13.9. The van der Waals surface area contributed by atoms with Crippen LogP contribution in [0.1, 0.15) is 47.2 Å². The molecule has 2 nitrogen and oxygen atoms in total. The molecule has 1 aromatic carbocycles. The van der Waals surface area contributed by atoms with E-state index in [0.29, 0.717) is 18.4 Å². The molecule has 0 radical (unpaired) electrons. The summed E-state index contributed by atoms with van der Waals surface area (Å²) in [6.45, 7) is 3.50. The van der Waals surface area contributed by atoms with Crippen LogP contribution in [0.4, 0.5) is 4.39 Å². The number of ketones is 1. The number of hydrogen-bond acceptors (Lipinski definition) is 2. The van der Waals surface area contributed by atoms with Gasteiger partial charge in [-0.05, 0) is 56.7 Å². The van der Waals surface area contributed by atoms with Crippen LogP contribution < -0.4 is 0 Å². The van der Waals surface area contributed by atoms with Gasteiger partial charge >= 0.3 is 0 Å². The minimum atomic E-state index is -1.35. The van der Waals surface area contributed by atoms with Crippen LogP contribution in [0.5, 0.6) is 0 Å². The van der Waals surface area contributed by atoms with Crippen molar-refractivity contribution in [2.75, 3.05) is 0 Å². The molecule has 1 aromatic rings. The summed E-state index contributed by atoms with van der Waals surface area (Å²) in [5, 5.41) is 10.2. The van der Waals surface area contributed by atoms with Gasteiger partial charge in [-0.3, -0.25) is 4.79 Å². The molecule has 3 heteroatoms. The summed E-state index contributed by atoms with van der Waals surface area (Å²) in [4.78, 5) is 12.2. The highest BCUT2D eigenvalue weighted by molar-refractivity contribution is 6.03. The molecule has 1 N–H and O–H groups in total. The van der Waals surface area contributed by atoms with Gasteiger partial charge in [0, 0.05) is 0 Å². The fourth-order valence-electron chi connectivity index (χ4n) is 2.62. The van der Waals surface area contributed by atoms with Crippen LogP contribution in [-0.2, 0) is 0 Å². The molecule has 0 heterocycles. The predicted molar refractivity (Wildman–Crippen MR) is 63.6 cm³/mol. The van der Waals surface area contributed by atoms with E-state index in [1.165, 1.54) is 6.07 Å². The molecular weight excluding hydrogens is 219 g/mol.